The van der Waals surface area contributed by atoms with Crippen molar-refractivity contribution in [1.82, 2.24) is 0 Å². The van der Waals surface area contributed by atoms with Crippen LogP contribution in [0.5, 0.6) is 0 Å². The van der Waals surface area contributed by atoms with Crippen molar-refractivity contribution in [3.8, 4) is 0 Å². The summed E-state index contributed by atoms with van der Waals surface area (Å²) >= 11 is 0. The maximum Gasteiger partial charge on any atom is 0.178 e. The number of sulfone groups is 1. The molecule has 0 aliphatic carbocycles. The van der Waals surface area contributed by atoms with Gasteiger partial charge >= 0.3 is 0 Å². The normalized spacial score (nSPS) is 11.3. The quantitative estimate of drug-likeness (QED) is 0.716. The number of Topliss-reactive ketones (excluding diaryl/α,β-unsaturated/α-hetero) is 1. The summed E-state index contributed by atoms with van der Waals surface area (Å²) in [4.78, 5) is 11.0. The number of ketones is 1. The molecule has 88 valence electrons. The van der Waals surface area contributed by atoms with Crippen molar-refractivity contribution in [3.05, 3.63) is 30.3 Å². The number of hydrogen-bond acceptors (Lipinski definition) is 3. The highest BCUT2D eigenvalue weighted by atomic mass is 32.2. The molecule has 0 saturated carbocycles. The van der Waals surface area contributed by atoms with E-state index in [9.17, 15) is 13.2 Å². The zero-order valence-corrected chi connectivity index (χ0v) is 10.2. The lowest BCUT2D eigenvalue weighted by molar-refractivity contribution is -0.117. The summed E-state index contributed by atoms with van der Waals surface area (Å²) < 4.78 is 23.6. The summed E-state index contributed by atoms with van der Waals surface area (Å²) in [5.74, 6) is 0.224. The summed E-state index contributed by atoms with van der Waals surface area (Å²) in [6, 6.07) is 8.40. The van der Waals surface area contributed by atoms with Crippen LogP contribution in [0.4, 0.5) is 0 Å². The molecular formula is C12H16O3S. The van der Waals surface area contributed by atoms with Crippen molar-refractivity contribution < 1.29 is 13.2 Å². The maximum absolute atomic E-state index is 11.8. The van der Waals surface area contributed by atoms with Crippen LogP contribution in [0.3, 0.4) is 0 Å². The zero-order valence-electron chi connectivity index (χ0n) is 9.35. The molecule has 0 heterocycles. The lowest BCUT2D eigenvalue weighted by Gasteiger charge is -2.03. The van der Waals surface area contributed by atoms with Crippen LogP contribution in [0.2, 0.25) is 0 Å². The SMILES string of the molecule is CC(=O)CCCCS(=O)(=O)c1ccccc1. The molecule has 0 amide bonds. The van der Waals surface area contributed by atoms with Crippen molar-refractivity contribution in [1.29, 1.82) is 0 Å². The summed E-state index contributed by atoms with van der Waals surface area (Å²) in [5.41, 5.74) is 0. The second kappa shape index (κ2) is 5.80. The van der Waals surface area contributed by atoms with Gasteiger partial charge in [0.1, 0.15) is 5.78 Å². The van der Waals surface area contributed by atoms with Crippen LogP contribution in [0.15, 0.2) is 35.2 Å². The van der Waals surface area contributed by atoms with E-state index in [2.05, 4.69) is 0 Å². The maximum atomic E-state index is 11.8. The van der Waals surface area contributed by atoms with E-state index in [1.165, 1.54) is 6.92 Å². The smallest absolute Gasteiger partial charge is 0.178 e. The Morgan fingerprint density at radius 3 is 2.31 bits per heavy atom. The lowest BCUT2D eigenvalue weighted by atomic mass is 10.2. The Morgan fingerprint density at radius 2 is 1.75 bits per heavy atom. The van der Waals surface area contributed by atoms with Gasteiger partial charge in [0.2, 0.25) is 0 Å². The van der Waals surface area contributed by atoms with Crippen molar-refractivity contribution in [2.75, 3.05) is 5.75 Å². The molecule has 1 aromatic rings. The number of benzene rings is 1. The fraction of sp³-hybridized carbons (Fsp3) is 0.417. The minimum absolute atomic E-state index is 0.108. The van der Waals surface area contributed by atoms with Crippen molar-refractivity contribution in [2.24, 2.45) is 0 Å². The predicted molar refractivity (Wildman–Crippen MR) is 63.0 cm³/mol. The number of unbranched alkanes of at least 4 members (excludes halogenated alkanes) is 1. The number of carbonyl (C=O) groups is 1. The summed E-state index contributed by atoms with van der Waals surface area (Å²) in [7, 11) is -3.17. The van der Waals surface area contributed by atoms with Crippen LogP contribution in [0, 0.1) is 0 Å². The average Bonchev–Trinajstić information content (AvgIpc) is 2.26. The van der Waals surface area contributed by atoms with Crippen molar-refractivity contribution >= 4 is 15.6 Å². The van der Waals surface area contributed by atoms with Gasteiger partial charge in [-0.15, -0.1) is 0 Å². The summed E-state index contributed by atoms with van der Waals surface area (Å²) in [6.07, 6.45) is 1.64. The Hall–Kier alpha value is -1.16. The van der Waals surface area contributed by atoms with E-state index in [1.54, 1.807) is 30.3 Å². The van der Waals surface area contributed by atoms with Gasteiger partial charge in [-0.1, -0.05) is 18.2 Å². The van der Waals surface area contributed by atoms with E-state index in [1.807, 2.05) is 0 Å². The molecule has 4 heteroatoms. The first-order chi connectivity index (χ1) is 7.52. The first-order valence-electron chi connectivity index (χ1n) is 5.29. The molecule has 0 aromatic heterocycles. The van der Waals surface area contributed by atoms with Gasteiger partial charge in [-0.25, -0.2) is 8.42 Å². The predicted octanol–water partition coefficient (Wildman–Crippen LogP) is 2.22. The van der Waals surface area contributed by atoms with Crippen LogP contribution in [0.1, 0.15) is 26.2 Å². The van der Waals surface area contributed by atoms with Gasteiger partial charge in [0.05, 0.1) is 10.6 Å². The van der Waals surface area contributed by atoms with Gasteiger partial charge in [0, 0.05) is 6.42 Å². The highest BCUT2D eigenvalue weighted by Gasteiger charge is 2.12. The lowest BCUT2D eigenvalue weighted by Crippen LogP contribution is -2.07. The van der Waals surface area contributed by atoms with Crippen molar-refractivity contribution in [2.45, 2.75) is 31.1 Å². The Labute approximate surface area is 96.4 Å². The summed E-state index contributed by atoms with van der Waals surface area (Å²) in [6.45, 7) is 1.52. The van der Waals surface area contributed by atoms with Crippen LogP contribution >= 0.6 is 0 Å². The van der Waals surface area contributed by atoms with Gasteiger partial charge in [-0.3, -0.25) is 0 Å². The number of carbonyl (C=O) groups excluding carboxylic acids is 1. The van der Waals surface area contributed by atoms with Crippen LogP contribution < -0.4 is 0 Å². The van der Waals surface area contributed by atoms with Gasteiger partial charge < -0.3 is 4.79 Å². The molecule has 1 aromatic carbocycles. The average molecular weight is 240 g/mol. The third-order valence-corrected chi connectivity index (χ3v) is 4.11. The van der Waals surface area contributed by atoms with E-state index in [0.29, 0.717) is 24.2 Å². The molecule has 0 spiro atoms. The summed E-state index contributed by atoms with van der Waals surface area (Å²) in [5, 5.41) is 0. The third-order valence-electron chi connectivity index (χ3n) is 2.29. The molecular weight excluding hydrogens is 224 g/mol. The van der Waals surface area contributed by atoms with Gasteiger partial charge in [0.15, 0.2) is 9.84 Å². The van der Waals surface area contributed by atoms with Crippen LogP contribution in [0.25, 0.3) is 0 Å². The van der Waals surface area contributed by atoms with E-state index in [4.69, 9.17) is 0 Å². The Kier molecular flexibility index (Phi) is 4.68. The van der Waals surface area contributed by atoms with E-state index in [-0.39, 0.29) is 11.5 Å². The molecule has 0 aliphatic heterocycles. The zero-order chi connectivity index (χ0) is 12.0. The molecule has 3 nitrogen and oxygen atoms in total. The molecule has 0 N–H and O–H groups in total. The van der Waals surface area contributed by atoms with Crippen LogP contribution in [-0.4, -0.2) is 20.0 Å². The Balaban J connectivity index is 2.51. The first-order valence-corrected chi connectivity index (χ1v) is 6.95. The van der Waals surface area contributed by atoms with E-state index >= 15 is 0 Å². The molecule has 0 saturated heterocycles. The molecule has 1 rings (SSSR count). The minimum Gasteiger partial charge on any atom is -0.300 e. The highest BCUT2D eigenvalue weighted by molar-refractivity contribution is 7.91. The molecule has 16 heavy (non-hydrogen) atoms. The van der Waals surface area contributed by atoms with Gasteiger partial charge in [-0.2, -0.15) is 0 Å². The van der Waals surface area contributed by atoms with Gasteiger partial charge in [-0.05, 0) is 31.9 Å². The molecule has 0 atom stereocenters. The Morgan fingerprint density at radius 1 is 1.12 bits per heavy atom. The third kappa shape index (κ3) is 4.14. The molecule has 0 unspecified atom stereocenters. The van der Waals surface area contributed by atoms with Crippen LogP contribution in [-0.2, 0) is 14.6 Å². The van der Waals surface area contributed by atoms with Crippen molar-refractivity contribution in [3.63, 3.8) is 0 Å². The first kappa shape index (κ1) is 12.9. The Bertz CT molecular complexity index is 435. The fourth-order valence-corrected chi connectivity index (χ4v) is 2.80. The molecule has 0 fully saturated rings. The largest absolute Gasteiger partial charge is 0.300 e. The number of rotatable bonds is 6. The molecule has 0 bridgehead atoms. The molecule has 0 aliphatic rings. The minimum atomic E-state index is -3.17. The van der Waals surface area contributed by atoms with E-state index < -0.39 is 9.84 Å². The molecule has 0 radical (unpaired) electrons. The van der Waals surface area contributed by atoms with Gasteiger partial charge in [0.25, 0.3) is 0 Å². The second-order valence-electron chi connectivity index (χ2n) is 3.79. The van der Waals surface area contributed by atoms with E-state index in [0.717, 1.165) is 0 Å². The highest BCUT2D eigenvalue weighted by Crippen LogP contribution is 2.12. The fourth-order valence-electron chi connectivity index (χ4n) is 1.41. The number of hydrogen-bond donors (Lipinski definition) is 0. The topological polar surface area (TPSA) is 51.2 Å². The standard InChI is InChI=1S/C12H16O3S/c1-11(13)7-5-6-10-16(14,15)12-8-3-2-4-9-12/h2-4,8-9H,5-7,10H2,1H3. The second-order valence-corrected chi connectivity index (χ2v) is 5.90. The monoisotopic (exact) mass is 240 g/mol.